The molecule has 1 amide bonds. The molecular weight excluding hydrogens is 357 g/mol. The molecule has 0 atom stereocenters. The maximum absolute atomic E-state index is 12.6. The van der Waals surface area contributed by atoms with E-state index in [9.17, 15) is 18.0 Å². The summed E-state index contributed by atoms with van der Waals surface area (Å²) >= 11 is 0. The number of alkyl halides is 3. The predicted molar refractivity (Wildman–Crippen MR) is 95.3 cm³/mol. The van der Waals surface area contributed by atoms with Crippen molar-refractivity contribution in [1.82, 2.24) is 10.3 Å². The number of halogens is 3. The Morgan fingerprint density at radius 3 is 2.67 bits per heavy atom. The number of aromatic nitrogens is 1. The van der Waals surface area contributed by atoms with Gasteiger partial charge in [-0.1, -0.05) is 36.1 Å². The molecule has 3 rings (SSSR count). The highest BCUT2D eigenvalue weighted by Gasteiger charge is 2.30. The molecule has 0 spiro atoms. The third-order valence-corrected chi connectivity index (χ3v) is 3.71. The van der Waals surface area contributed by atoms with Crippen molar-refractivity contribution in [2.75, 3.05) is 13.2 Å². The quantitative estimate of drug-likeness (QED) is 0.680. The van der Waals surface area contributed by atoms with Gasteiger partial charge in [-0.25, -0.2) is 0 Å². The summed E-state index contributed by atoms with van der Waals surface area (Å²) in [6.07, 6.45) is -4.42. The molecule has 0 aliphatic heterocycles. The Bertz CT molecular complexity index is 980. The molecule has 0 fully saturated rings. The van der Waals surface area contributed by atoms with Crippen LogP contribution in [0.25, 0.3) is 10.9 Å². The maximum atomic E-state index is 12.6. The van der Waals surface area contributed by atoms with Crippen LogP contribution in [-0.4, -0.2) is 24.0 Å². The van der Waals surface area contributed by atoms with Gasteiger partial charge >= 0.3 is 6.18 Å². The Morgan fingerprint density at radius 1 is 1.07 bits per heavy atom. The number of H-pyrrole nitrogens is 1. The molecule has 0 saturated heterocycles. The third kappa shape index (κ3) is 4.82. The molecule has 0 radical (unpaired) electrons. The van der Waals surface area contributed by atoms with Crippen molar-refractivity contribution < 1.29 is 22.7 Å². The first-order valence-corrected chi connectivity index (χ1v) is 8.05. The lowest BCUT2D eigenvalue weighted by molar-refractivity contribution is -0.137. The number of ether oxygens (including phenoxy) is 1. The first-order valence-electron chi connectivity index (χ1n) is 8.05. The zero-order valence-electron chi connectivity index (χ0n) is 14.1. The highest BCUT2D eigenvalue weighted by molar-refractivity contribution is 5.98. The summed E-state index contributed by atoms with van der Waals surface area (Å²) in [6, 6.07) is 13.8. The highest BCUT2D eigenvalue weighted by Crippen LogP contribution is 2.31. The van der Waals surface area contributed by atoms with E-state index in [0.717, 1.165) is 23.0 Å². The zero-order chi connectivity index (χ0) is 19.3. The van der Waals surface area contributed by atoms with Gasteiger partial charge in [0.25, 0.3) is 5.91 Å². The van der Waals surface area contributed by atoms with Crippen LogP contribution in [0.5, 0.6) is 5.75 Å². The van der Waals surface area contributed by atoms with E-state index in [-0.39, 0.29) is 24.8 Å². The maximum Gasteiger partial charge on any atom is 0.416 e. The molecule has 27 heavy (non-hydrogen) atoms. The van der Waals surface area contributed by atoms with Crippen molar-refractivity contribution in [3.63, 3.8) is 0 Å². The van der Waals surface area contributed by atoms with Gasteiger partial charge in [0.1, 0.15) is 18.1 Å². The Kier molecular flexibility index (Phi) is 5.36. The summed E-state index contributed by atoms with van der Waals surface area (Å²) in [4.78, 5) is 15.1. The molecule has 2 N–H and O–H groups in total. The number of rotatable bonds is 4. The molecule has 0 aliphatic carbocycles. The number of fused-ring (bicyclic) bond motifs is 1. The highest BCUT2D eigenvalue weighted by atomic mass is 19.4. The second-order valence-corrected chi connectivity index (χ2v) is 5.62. The van der Waals surface area contributed by atoms with Crippen LogP contribution in [0.4, 0.5) is 13.2 Å². The largest absolute Gasteiger partial charge is 0.481 e. The summed E-state index contributed by atoms with van der Waals surface area (Å²) in [5.74, 6) is 5.13. The van der Waals surface area contributed by atoms with Crippen LogP contribution in [0.3, 0.4) is 0 Å². The number of hydrogen-bond acceptors (Lipinski definition) is 2. The fourth-order valence-electron chi connectivity index (χ4n) is 2.41. The average molecular weight is 372 g/mol. The summed E-state index contributed by atoms with van der Waals surface area (Å²) in [5.41, 5.74) is 0.514. The van der Waals surface area contributed by atoms with Crippen LogP contribution in [0.2, 0.25) is 0 Å². The Balaban J connectivity index is 1.48. The minimum Gasteiger partial charge on any atom is -0.481 e. The van der Waals surface area contributed by atoms with E-state index in [4.69, 9.17) is 4.74 Å². The number of hydrogen-bond donors (Lipinski definition) is 2. The first kappa shape index (κ1) is 18.4. The summed E-state index contributed by atoms with van der Waals surface area (Å²) in [5, 5.41) is 3.57. The lowest BCUT2D eigenvalue weighted by atomic mass is 10.2. The summed E-state index contributed by atoms with van der Waals surface area (Å²) in [7, 11) is 0. The predicted octanol–water partition coefficient (Wildman–Crippen LogP) is 4.00. The normalized spacial score (nSPS) is 10.9. The van der Waals surface area contributed by atoms with E-state index in [1.54, 1.807) is 6.07 Å². The van der Waals surface area contributed by atoms with Gasteiger partial charge in [-0.15, -0.1) is 0 Å². The van der Waals surface area contributed by atoms with Crippen molar-refractivity contribution in [2.24, 2.45) is 0 Å². The number of carbonyl (C=O) groups excluding carboxylic acids is 1. The molecule has 1 aromatic heterocycles. The molecule has 1 heterocycles. The van der Waals surface area contributed by atoms with Gasteiger partial charge in [-0.3, -0.25) is 4.79 Å². The first-order chi connectivity index (χ1) is 12.9. The second kappa shape index (κ2) is 7.87. The molecule has 0 saturated carbocycles. The lowest BCUT2D eigenvalue weighted by Gasteiger charge is -2.08. The standard InChI is InChI=1S/C20H15F3N2O2/c21-20(22,23)15-7-5-8-16(13-15)27-11-4-3-10-24-19(26)18-12-14-6-1-2-9-17(14)25-18/h1-2,5-9,12-13,25H,10-11H2,(H,24,26). The van der Waals surface area contributed by atoms with E-state index in [0.29, 0.717) is 5.69 Å². The topological polar surface area (TPSA) is 54.1 Å². The third-order valence-electron chi connectivity index (χ3n) is 3.71. The fraction of sp³-hybridized carbons (Fsp3) is 0.150. The molecule has 0 bridgehead atoms. The lowest BCUT2D eigenvalue weighted by Crippen LogP contribution is -2.23. The Hall–Kier alpha value is -3.40. The van der Waals surface area contributed by atoms with Gasteiger partial charge in [0.05, 0.1) is 12.1 Å². The molecule has 0 aliphatic rings. The van der Waals surface area contributed by atoms with Gasteiger partial charge in [-0.05, 0) is 30.3 Å². The van der Waals surface area contributed by atoms with Gasteiger partial charge in [0.15, 0.2) is 0 Å². The van der Waals surface area contributed by atoms with E-state index in [1.807, 2.05) is 24.3 Å². The molecule has 2 aromatic carbocycles. The summed E-state index contributed by atoms with van der Waals surface area (Å²) < 4.78 is 43.0. The van der Waals surface area contributed by atoms with Crippen LogP contribution < -0.4 is 10.1 Å². The van der Waals surface area contributed by atoms with E-state index < -0.39 is 11.7 Å². The van der Waals surface area contributed by atoms with Crippen molar-refractivity contribution in [2.45, 2.75) is 6.18 Å². The van der Waals surface area contributed by atoms with Crippen molar-refractivity contribution in [3.8, 4) is 17.6 Å². The Labute approximate surface area is 153 Å². The second-order valence-electron chi connectivity index (χ2n) is 5.62. The van der Waals surface area contributed by atoms with Gasteiger partial charge in [0.2, 0.25) is 0 Å². The minimum atomic E-state index is -4.42. The number of amides is 1. The van der Waals surface area contributed by atoms with Crippen LogP contribution >= 0.6 is 0 Å². The number of nitrogens with one attached hydrogen (secondary N) is 2. The van der Waals surface area contributed by atoms with Crippen LogP contribution in [0.15, 0.2) is 54.6 Å². The molecule has 0 unspecified atom stereocenters. The molecule has 4 nitrogen and oxygen atoms in total. The van der Waals surface area contributed by atoms with Crippen LogP contribution in [0, 0.1) is 11.8 Å². The number of benzene rings is 2. The number of carbonyl (C=O) groups is 1. The molecule has 3 aromatic rings. The minimum absolute atomic E-state index is 0.0798. The van der Waals surface area contributed by atoms with Gasteiger partial charge in [0, 0.05) is 10.9 Å². The van der Waals surface area contributed by atoms with E-state index in [2.05, 4.69) is 22.1 Å². The number of aromatic amines is 1. The molecule has 138 valence electrons. The van der Waals surface area contributed by atoms with E-state index >= 15 is 0 Å². The average Bonchev–Trinajstić information content (AvgIpc) is 3.08. The van der Waals surface area contributed by atoms with Crippen LogP contribution in [-0.2, 0) is 6.18 Å². The SMILES string of the molecule is O=C(NCC#CCOc1cccc(C(F)(F)F)c1)c1cc2ccccc2[nH]1. The smallest absolute Gasteiger partial charge is 0.416 e. The van der Waals surface area contributed by atoms with Crippen molar-refractivity contribution >= 4 is 16.8 Å². The Morgan fingerprint density at radius 2 is 1.89 bits per heavy atom. The van der Waals surface area contributed by atoms with Crippen molar-refractivity contribution in [3.05, 3.63) is 65.9 Å². The van der Waals surface area contributed by atoms with Crippen LogP contribution in [0.1, 0.15) is 16.1 Å². The van der Waals surface area contributed by atoms with Gasteiger partial charge < -0.3 is 15.0 Å². The molecule has 7 heteroatoms. The fourth-order valence-corrected chi connectivity index (χ4v) is 2.41. The van der Waals surface area contributed by atoms with Gasteiger partial charge in [-0.2, -0.15) is 13.2 Å². The zero-order valence-corrected chi connectivity index (χ0v) is 14.1. The molecular formula is C20H15F3N2O2. The van der Waals surface area contributed by atoms with Crippen molar-refractivity contribution in [1.29, 1.82) is 0 Å². The summed E-state index contributed by atoms with van der Waals surface area (Å²) in [6.45, 7) is 0.0176. The van der Waals surface area contributed by atoms with E-state index in [1.165, 1.54) is 12.1 Å². The monoisotopic (exact) mass is 372 g/mol. The number of para-hydroxylation sites is 1.